The summed E-state index contributed by atoms with van der Waals surface area (Å²) in [5.41, 5.74) is -0.289. The first-order valence-corrected chi connectivity index (χ1v) is 3.09. The van der Waals surface area contributed by atoms with Gasteiger partial charge in [0.2, 0.25) is 5.95 Å². The van der Waals surface area contributed by atoms with Crippen LogP contribution in [0.2, 0.25) is 0 Å². The van der Waals surface area contributed by atoms with E-state index in [2.05, 4.69) is 20.5 Å². The van der Waals surface area contributed by atoms with E-state index in [-0.39, 0.29) is 11.7 Å². The Morgan fingerprint density at radius 2 is 2.30 bits per heavy atom. The maximum atomic E-state index is 10.5. The topological polar surface area (TPSA) is 73.6 Å². The van der Waals surface area contributed by atoms with Crippen LogP contribution in [-0.4, -0.2) is 21.2 Å². The molecular formula is C5H10N4O. The summed E-state index contributed by atoms with van der Waals surface area (Å²) in [6.07, 6.45) is 0. The van der Waals surface area contributed by atoms with Gasteiger partial charge in [0.1, 0.15) is 0 Å². The van der Waals surface area contributed by atoms with Crippen LogP contribution >= 0.6 is 0 Å². The summed E-state index contributed by atoms with van der Waals surface area (Å²) in [5.74, 6) is 0.486. The molecule has 5 heteroatoms. The molecule has 0 aliphatic rings. The Kier molecular flexibility index (Phi) is 1.75. The van der Waals surface area contributed by atoms with Gasteiger partial charge in [-0.15, -0.1) is 5.10 Å². The van der Waals surface area contributed by atoms with Crippen molar-refractivity contribution >= 4 is 5.95 Å². The van der Waals surface area contributed by atoms with Gasteiger partial charge in [0.25, 0.3) is 0 Å². The molecule has 1 heterocycles. The second kappa shape index (κ2) is 2.55. The Hall–Kier alpha value is -1.26. The highest BCUT2D eigenvalue weighted by Gasteiger charge is 1.96. The average molecular weight is 142 g/mol. The van der Waals surface area contributed by atoms with Crippen molar-refractivity contribution in [3.05, 3.63) is 10.5 Å². The molecule has 0 aliphatic carbocycles. The van der Waals surface area contributed by atoms with Crippen LogP contribution in [0.4, 0.5) is 5.95 Å². The largest absolute Gasteiger partial charge is 0.352 e. The van der Waals surface area contributed by atoms with Gasteiger partial charge in [0, 0.05) is 6.04 Å². The summed E-state index contributed by atoms with van der Waals surface area (Å²) in [6, 6.07) is 0.277. The molecule has 1 aromatic heterocycles. The van der Waals surface area contributed by atoms with Crippen molar-refractivity contribution in [1.29, 1.82) is 0 Å². The maximum absolute atomic E-state index is 10.5. The van der Waals surface area contributed by atoms with Gasteiger partial charge < -0.3 is 5.32 Å². The molecule has 3 N–H and O–H groups in total. The maximum Gasteiger partial charge on any atom is 0.342 e. The summed E-state index contributed by atoms with van der Waals surface area (Å²) < 4.78 is 0. The highest BCUT2D eigenvalue weighted by molar-refractivity contribution is 5.21. The molecule has 0 atom stereocenters. The molecule has 56 valence electrons. The third kappa shape index (κ3) is 1.61. The van der Waals surface area contributed by atoms with Gasteiger partial charge in [-0.05, 0) is 13.8 Å². The van der Waals surface area contributed by atoms with Crippen LogP contribution in [0.25, 0.3) is 0 Å². The third-order valence-electron chi connectivity index (χ3n) is 0.927. The van der Waals surface area contributed by atoms with E-state index >= 15 is 0 Å². The first-order chi connectivity index (χ1) is 4.68. The van der Waals surface area contributed by atoms with Gasteiger partial charge in [-0.25, -0.2) is 9.89 Å². The van der Waals surface area contributed by atoms with Crippen LogP contribution in [0.3, 0.4) is 0 Å². The Labute approximate surface area is 57.9 Å². The lowest BCUT2D eigenvalue weighted by Gasteiger charge is -2.03. The minimum absolute atomic E-state index is 0.277. The molecule has 5 nitrogen and oxygen atoms in total. The van der Waals surface area contributed by atoms with Crippen LogP contribution in [0, 0.1) is 0 Å². The number of aromatic amines is 2. The molecule has 1 aromatic rings. The molecule has 0 unspecified atom stereocenters. The zero-order valence-corrected chi connectivity index (χ0v) is 5.93. The van der Waals surface area contributed by atoms with Gasteiger partial charge in [-0.2, -0.15) is 0 Å². The van der Waals surface area contributed by atoms with Crippen LogP contribution in [0.15, 0.2) is 4.79 Å². The Morgan fingerprint density at radius 3 is 2.70 bits per heavy atom. The molecular weight excluding hydrogens is 132 g/mol. The lowest BCUT2D eigenvalue weighted by Crippen LogP contribution is -2.11. The van der Waals surface area contributed by atoms with Gasteiger partial charge in [0.05, 0.1) is 0 Å². The van der Waals surface area contributed by atoms with E-state index in [1.165, 1.54) is 0 Å². The fourth-order valence-electron chi connectivity index (χ4n) is 0.612. The van der Waals surface area contributed by atoms with E-state index < -0.39 is 0 Å². The zero-order chi connectivity index (χ0) is 7.56. The standard InChI is InChI=1S/C5H10N4O/c1-3(2)6-4-7-5(10)9-8-4/h3H,1-2H3,(H3,6,7,8,9,10). The van der Waals surface area contributed by atoms with E-state index in [1.54, 1.807) is 0 Å². The van der Waals surface area contributed by atoms with Crippen molar-refractivity contribution in [1.82, 2.24) is 15.2 Å². The van der Waals surface area contributed by atoms with E-state index in [0.717, 1.165) is 0 Å². The minimum Gasteiger partial charge on any atom is -0.352 e. The fourth-order valence-corrected chi connectivity index (χ4v) is 0.612. The lowest BCUT2D eigenvalue weighted by atomic mass is 10.4. The summed E-state index contributed by atoms with van der Waals surface area (Å²) in [5, 5.41) is 8.83. The minimum atomic E-state index is -0.289. The Balaban J connectivity index is 2.67. The van der Waals surface area contributed by atoms with Crippen LogP contribution in [0.1, 0.15) is 13.8 Å². The highest BCUT2D eigenvalue weighted by atomic mass is 16.1. The predicted molar refractivity (Wildman–Crippen MR) is 38.0 cm³/mol. The number of hydrogen-bond acceptors (Lipinski definition) is 3. The van der Waals surface area contributed by atoms with Crippen molar-refractivity contribution in [2.45, 2.75) is 19.9 Å². The second-order valence-corrected chi connectivity index (χ2v) is 2.33. The second-order valence-electron chi connectivity index (χ2n) is 2.33. The van der Waals surface area contributed by atoms with E-state index in [0.29, 0.717) is 5.95 Å². The number of nitrogens with zero attached hydrogens (tertiary/aromatic N) is 1. The Bertz CT molecular complexity index is 248. The number of anilines is 1. The number of hydrogen-bond donors (Lipinski definition) is 3. The molecule has 0 amide bonds. The quantitative estimate of drug-likeness (QED) is 0.540. The SMILES string of the molecule is CC(C)Nc1n[nH]c(=O)[nH]1. The number of aromatic nitrogens is 3. The monoisotopic (exact) mass is 142 g/mol. The van der Waals surface area contributed by atoms with Crippen molar-refractivity contribution in [3.63, 3.8) is 0 Å². The van der Waals surface area contributed by atoms with E-state index in [4.69, 9.17) is 0 Å². The van der Waals surface area contributed by atoms with E-state index in [1.807, 2.05) is 13.8 Å². The summed E-state index contributed by atoms with van der Waals surface area (Å²) in [4.78, 5) is 12.9. The van der Waals surface area contributed by atoms with Gasteiger partial charge >= 0.3 is 5.69 Å². The molecule has 0 aromatic carbocycles. The van der Waals surface area contributed by atoms with Gasteiger partial charge in [-0.3, -0.25) is 4.98 Å². The molecule has 0 aliphatic heterocycles. The normalized spacial score (nSPS) is 10.3. The summed E-state index contributed by atoms with van der Waals surface area (Å²) >= 11 is 0. The third-order valence-corrected chi connectivity index (χ3v) is 0.927. The molecule has 0 fully saturated rings. The van der Waals surface area contributed by atoms with Crippen molar-refractivity contribution in [2.24, 2.45) is 0 Å². The highest BCUT2D eigenvalue weighted by Crippen LogP contribution is 1.92. The first-order valence-electron chi connectivity index (χ1n) is 3.09. The zero-order valence-electron chi connectivity index (χ0n) is 5.93. The van der Waals surface area contributed by atoms with Crippen LogP contribution in [-0.2, 0) is 0 Å². The van der Waals surface area contributed by atoms with Crippen LogP contribution < -0.4 is 11.0 Å². The average Bonchev–Trinajstić information content (AvgIpc) is 2.13. The van der Waals surface area contributed by atoms with Crippen molar-refractivity contribution in [2.75, 3.05) is 5.32 Å². The summed E-state index contributed by atoms with van der Waals surface area (Å²) in [6.45, 7) is 3.93. The summed E-state index contributed by atoms with van der Waals surface area (Å²) in [7, 11) is 0. The lowest BCUT2D eigenvalue weighted by molar-refractivity contribution is 0.876. The molecule has 0 radical (unpaired) electrons. The molecule has 0 bridgehead atoms. The van der Waals surface area contributed by atoms with Crippen molar-refractivity contribution in [3.8, 4) is 0 Å². The van der Waals surface area contributed by atoms with E-state index in [9.17, 15) is 4.79 Å². The first kappa shape index (κ1) is 6.85. The predicted octanol–water partition coefficient (Wildman–Crippen LogP) is -0.0817. The van der Waals surface area contributed by atoms with Crippen LogP contribution in [0.5, 0.6) is 0 Å². The number of nitrogens with one attached hydrogen (secondary N) is 3. The van der Waals surface area contributed by atoms with Gasteiger partial charge in [0.15, 0.2) is 0 Å². The fraction of sp³-hybridized carbons (Fsp3) is 0.600. The molecule has 0 saturated heterocycles. The molecule has 1 rings (SSSR count). The molecule has 0 saturated carbocycles. The smallest absolute Gasteiger partial charge is 0.342 e. The Morgan fingerprint density at radius 1 is 1.60 bits per heavy atom. The molecule has 10 heavy (non-hydrogen) atoms. The van der Waals surface area contributed by atoms with Crippen molar-refractivity contribution < 1.29 is 0 Å². The van der Waals surface area contributed by atoms with Gasteiger partial charge in [-0.1, -0.05) is 0 Å². The molecule has 0 spiro atoms. The number of H-pyrrole nitrogens is 2. The number of rotatable bonds is 2.